The van der Waals surface area contributed by atoms with E-state index in [1.807, 2.05) is 6.92 Å². The Morgan fingerprint density at radius 2 is 1.68 bits per heavy atom. The Labute approximate surface area is 142 Å². The fraction of sp³-hybridized carbons (Fsp3) is 0.222. The first-order valence-electron chi connectivity index (χ1n) is 7.64. The number of fused-ring (bicyclic) bond motifs is 1. The molecule has 0 radical (unpaired) electrons. The van der Waals surface area contributed by atoms with Gasteiger partial charge in [0.2, 0.25) is 0 Å². The van der Waals surface area contributed by atoms with Crippen molar-refractivity contribution in [3.8, 4) is 0 Å². The molecule has 1 heterocycles. The molecule has 0 fully saturated rings. The second-order valence-electron chi connectivity index (χ2n) is 5.65. The summed E-state index contributed by atoms with van der Waals surface area (Å²) in [5.41, 5.74) is 1.07. The van der Waals surface area contributed by atoms with Crippen LogP contribution in [-0.2, 0) is 4.74 Å². The molecule has 2 atom stereocenters. The minimum atomic E-state index is -0.972. The van der Waals surface area contributed by atoms with Crippen LogP contribution in [0, 0.1) is 17.5 Å². The van der Waals surface area contributed by atoms with E-state index in [1.54, 1.807) is 19.2 Å². The molecule has 0 saturated heterocycles. The largest absolute Gasteiger partial charge is 0.375 e. The van der Waals surface area contributed by atoms with Crippen molar-refractivity contribution in [1.82, 2.24) is 9.97 Å². The predicted molar refractivity (Wildman–Crippen MR) is 88.7 cm³/mol. The number of rotatable bonds is 5. The van der Waals surface area contributed by atoms with Crippen LogP contribution in [0.25, 0.3) is 10.9 Å². The molecule has 7 heteroatoms. The van der Waals surface area contributed by atoms with Gasteiger partial charge in [0.15, 0.2) is 11.6 Å². The van der Waals surface area contributed by atoms with E-state index in [4.69, 9.17) is 4.74 Å². The summed E-state index contributed by atoms with van der Waals surface area (Å²) in [4.78, 5) is 8.07. The molecule has 1 N–H and O–H groups in total. The zero-order valence-electron chi connectivity index (χ0n) is 13.6. The minimum absolute atomic E-state index is 0.276. The maximum absolute atomic E-state index is 13.6. The van der Waals surface area contributed by atoms with Gasteiger partial charge in [-0.15, -0.1) is 0 Å². The third-order valence-corrected chi connectivity index (χ3v) is 3.95. The second-order valence-corrected chi connectivity index (χ2v) is 5.65. The average Bonchev–Trinajstić information content (AvgIpc) is 2.59. The van der Waals surface area contributed by atoms with Gasteiger partial charge in [-0.05, 0) is 30.7 Å². The van der Waals surface area contributed by atoms with Crippen molar-refractivity contribution < 1.29 is 17.9 Å². The van der Waals surface area contributed by atoms with Crippen LogP contribution in [0.15, 0.2) is 42.7 Å². The number of aromatic nitrogens is 2. The third-order valence-electron chi connectivity index (χ3n) is 3.95. The lowest BCUT2D eigenvalue weighted by Gasteiger charge is -2.25. The lowest BCUT2D eigenvalue weighted by molar-refractivity contribution is 0.0906. The van der Waals surface area contributed by atoms with Crippen molar-refractivity contribution in [2.24, 2.45) is 0 Å². The van der Waals surface area contributed by atoms with Crippen LogP contribution in [0.5, 0.6) is 0 Å². The molecular weight excluding hydrogens is 331 g/mol. The highest BCUT2D eigenvalue weighted by atomic mass is 19.2. The molecule has 3 rings (SSSR count). The van der Waals surface area contributed by atoms with Crippen molar-refractivity contribution in [1.29, 1.82) is 0 Å². The van der Waals surface area contributed by atoms with E-state index >= 15 is 0 Å². The van der Waals surface area contributed by atoms with E-state index < -0.39 is 17.7 Å². The normalized spacial score (nSPS) is 13.6. The molecule has 4 nitrogen and oxygen atoms in total. The van der Waals surface area contributed by atoms with Gasteiger partial charge in [-0.2, -0.15) is 0 Å². The van der Waals surface area contributed by atoms with Crippen LogP contribution in [0.4, 0.5) is 19.0 Å². The number of nitrogens with zero attached hydrogens (tertiary/aromatic N) is 2. The van der Waals surface area contributed by atoms with E-state index in [1.165, 1.54) is 18.5 Å². The molecule has 2 unspecified atom stereocenters. The molecule has 0 aliphatic rings. The van der Waals surface area contributed by atoms with Gasteiger partial charge in [0.1, 0.15) is 24.1 Å². The molecule has 2 aromatic carbocycles. The van der Waals surface area contributed by atoms with Crippen molar-refractivity contribution in [2.75, 3.05) is 12.4 Å². The highest BCUT2D eigenvalue weighted by Crippen LogP contribution is 2.27. The fourth-order valence-electron chi connectivity index (χ4n) is 2.74. The van der Waals surface area contributed by atoms with E-state index in [2.05, 4.69) is 15.3 Å². The maximum atomic E-state index is 13.6. The van der Waals surface area contributed by atoms with Gasteiger partial charge in [-0.3, -0.25) is 0 Å². The molecular formula is C18H16F3N3O. The van der Waals surface area contributed by atoms with Crippen LogP contribution in [0.1, 0.15) is 18.6 Å². The zero-order chi connectivity index (χ0) is 18.0. The number of benzene rings is 2. The highest BCUT2D eigenvalue weighted by Gasteiger charge is 2.20. The Hall–Kier alpha value is -2.67. The van der Waals surface area contributed by atoms with Gasteiger partial charge >= 0.3 is 0 Å². The van der Waals surface area contributed by atoms with Crippen LogP contribution in [-0.4, -0.2) is 23.1 Å². The number of hydrogen-bond acceptors (Lipinski definition) is 4. The summed E-state index contributed by atoms with van der Waals surface area (Å²) in [6.07, 6.45) is 0.880. The topological polar surface area (TPSA) is 47.0 Å². The van der Waals surface area contributed by atoms with Gasteiger partial charge in [-0.1, -0.05) is 12.1 Å². The number of halogens is 3. The van der Waals surface area contributed by atoms with Gasteiger partial charge in [-0.25, -0.2) is 23.1 Å². The van der Waals surface area contributed by atoms with Crippen LogP contribution < -0.4 is 5.32 Å². The van der Waals surface area contributed by atoms with Crippen LogP contribution in [0.2, 0.25) is 0 Å². The smallest absolute Gasteiger partial charge is 0.161 e. The Bertz CT molecular complexity index is 887. The highest BCUT2D eigenvalue weighted by molar-refractivity contribution is 5.89. The molecule has 0 spiro atoms. The van der Waals surface area contributed by atoms with E-state index in [0.29, 0.717) is 16.7 Å². The Balaban J connectivity index is 1.91. The summed E-state index contributed by atoms with van der Waals surface area (Å²) in [5, 5.41) is 3.50. The van der Waals surface area contributed by atoms with Crippen LogP contribution >= 0.6 is 0 Å². The maximum Gasteiger partial charge on any atom is 0.161 e. The number of methoxy groups -OCH3 is 1. The molecule has 130 valence electrons. The molecule has 3 aromatic rings. The second kappa shape index (κ2) is 7.06. The first kappa shape index (κ1) is 17.2. The molecule has 0 bridgehead atoms. The summed E-state index contributed by atoms with van der Waals surface area (Å²) in [5.74, 6) is -1.91. The number of anilines is 1. The lowest BCUT2D eigenvalue weighted by atomic mass is 10.0. The summed E-state index contributed by atoms with van der Waals surface area (Å²) in [7, 11) is 1.54. The summed E-state index contributed by atoms with van der Waals surface area (Å²) < 4.78 is 45.6. The van der Waals surface area contributed by atoms with Crippen molar-refractivity contribution in [3.63, 3.8) is 0 Å². The molecule has 0 aliphatic carbocycles. The Kier molecular flexibility index (Phi) is 4.85. The van der Waals surface area contributed by atoms with E-state index in [9.17, 15) is 13.2 Å². The predicted octanol–water partition coefficient (Wildman–Crippen LogP) is 4.24. The Morgan fingerprint density at radius 3 is 2.36 bits per heavy atom. The first-order chi connectivity index (χ1) is 12.0. The first-order valence-corrected chi connectivity index (χ1v) is 7.64. The fourth-order valence-corrected chi connectivity index (χ4v) is 2.74. The summed E-state index contributed by atoms with van der Waals surface area (Å²) >= 11 is 0. The van der Waals surface area contributed by atoms with E-state index in [-0.39, 0.29) is 11.9 Å². The van der Waals surface area contributed by atoms with Gasteiger partial charge < -0.3 is 10.1 Å². The van der Waals surface area contributed by atoms with Gasteiger partial charge in [0.05, 0.1) is 11.6 Å². The SMILES string of the molecule is COC(c1ccc(F)cc1)C(C)Nc1ncnc2cc(F)c(F)cc12. The van der Waals surface area contributed by atoms with Gasteiger partial charge in [0, 0.05) is 18.6 Å². The average molecular weight is 347 g/mol. The standard InChI is InChI=1S/C18H16F3N3O/c1-10(17(25-2)11-3-5-12(19)6-4-11)24-18-13-7-14(20)15(21)8-16(13)22-9-23-18/h3-10,17H,1-2H3,(H,22,23,24). The van der Waals surface area contributed by atoms with Crippen LogP contribution in [0.3, 0.4) is 0 Å². The number of nitrogens with one attached hydrogen (secondary N) is 1. The molecule has 0 saturated carbocycles. The molecule has 0 amide bonds. The quantitative estimate of drug-likeness (QED) is 0.750. The van der Waals surface area contributed by atoms with E-state index in [0.717, 1.165) is 17.7 Å². The third kappa shape index (κ3) is 3.56. The monoisotopic (exact) mass is 347 g/mol. The van der Waals surface area contributed by atoms with Crippen molar-refractivity contribution in [2.45, 2.75) is 19.1 Å². The summed E-state index contributed by atoms with van der Waals surface area (Å²) in [6.45, 7) is 1.85. The molecule has 1 aromatic heterocycles. The lowest BCUT2D eigenvalue weighted by Crippen LogP contribution is -2.26. The Morgan fingerprint density at radius 1 is 1.00 bits per heavy atom. The zero-order valence-corrected chi connectivity index (χ0v) is 13.6. The summed E-state index contributed by atoms with van der Waals surface area (Å²) in [6, 6.07) is 7.78. The molecule has 0 aliphatic heterocycles. The minimum Gasteiger partial charge on any atom is -0.375 e. The van der Waals surface area contributed by atoms with Gasteiger partial charge in [0.25, 0.3) is 0 Å². The number of ether oxygens (including phenoxy) is 1. The number of hydrogen-bond donors (Lipinski definition) is 1. The molecule has 25 heavy (non-hydrogen) atoms. The van der Waals surface area contributed by atoms with Crippen molar-refractivity contribution in [3.05, 3.63) is 65.7 Å². The van der Waals surface area contributed by atoms with Crippen molar-refractivity contribution >= 4 is 16.7 Å².